The zero-order valence-corrected chi connectivity index (χ0v) is 25.6. The van der Waals surface area contributed by atoms with Gasteiger partial charge in [0.25, 0.3) is 0 Å². The molecular formula is C46H33+. The van der Waals surface area contributed by atoms with Gasteiger partial charge in [-0.3, -0.25) is 0 Å². The van der Waals surface area contributed by atoms with Crippen LogP contribution in [0.15, 0.2) is 188 Å². The van der Waals surface area contributed by atoms with E-state index in [9.17, 15) is 0 Å². The number of rotatable bonds is 3. The van der Waals surface area contributed by atoms with Gasteiger partial charge in [0, 0.05) is 41.9 Å². The molecule has 0 saturated carbocycles. The Morgan fingerprint density at radius 1 is 0.478 bits per heavy atom. The highest BCUT2D eigenvalue weighted by molar-refractivity contribution is 6.16. The second kappa shape index (κ2) is 12.3. The van der Waals surface area contributed by atoms with Crippen molar-refractivity contribution in [1.82, 2.24) is 0 Å². The lowest BCUT2D eigenvalue weighted by Gasteiger charge is -2.12. The summed E-state index contributed by atoms with van der Waals surface area (Å²) in [5, 5.41) is 10.5. The molecule has 0 fully saturated rings. The largest absolute Gasteiger partial charge is 0.105 e. The Kier molecular flexibility index (Phi) is 7.38. The fraction of sp³-hybridized carbons (Fsp3) is 0.0217. The minimum atomic E-state index is 1.03. The number of allylic oxidation sites excluding steroid dienone is 9. The van der Waals surface area contributed by atoms with Crippen molar-refractivity contribution in [3.8, 4) is 0 Å². The first-order valence-corrected chi connectivity index (χ1v) is 16.0. The van der Waals surface area contributed by atoms with E-state index in [-0.39, 0.29) is 0 Å². The standard InChI is InChI=1S/C27H18.C19H15/c1-2-7-18(6-1)24-11-5-10-21-15-23-13-12-22-14-19-8-3-4-9-20(19)16-25(22)27(23)17-26(21)24;1-4-10-16(11-5-1)19(17-12-6-2-7-13-17)18-14-8-3-9-15-18/h1-6,8-17H,7H2;1-15H/q;+1. The molecule has 0 N–H and O–H groups in total. The molecule has 0 unspecified atom stereocenters. The van der Waals surface area contributed by atoms with Crippen LogP contribution in [0.25, 0.3) is 54.2 Å². The summed E-state index contributed by atoms with van der Waals surface area (Å²) in [6.07, 6.45) is 18.2. The summed E-state index contributed by atoms with van der Waals surface area (Å²) < 4.78 is 0. The van der Waals surface area contributed by atoms with Gasteiger partial charge in [-0.1, -0.05) is 109 Å². The molecule has 0 aromatic heterocycles. The number of hydrogen-bond acceptors (Lipinski definition) is 0. The van der Waals surface area contributed by atoms with Gasteiger partial charge in [-0.05, 0) is 109 Å². The lowest BCUT2D eigenvalue weighted by atomic mass is 9.90. The minimum Gasteiger partial charge on any atom is -0.0801 e. The van der Waals surface area contributed by atoms with Gasteiger partial charge < -0.3 is 0 Å². The maximum atomic E-state index is 2.40. The fourth-order valence-corrected chi connectivity index (χ4v) is 6.76. The molecule has 9 rings (SSSR count). The monoisotopic (exact) mass is 585 g/mol. The third-order valence-corrected chi connectivity index (χ3v) is 9.01. The van der Waals surface area contributed by atoms with Crippen molar-refractivity contribution in [3.63, 3.8) is 0 Å². The van der Waals surface area contributed by atoms with Crippen LogP contribution in [-0.4, -0.2) is 0 Å². The van der Waals surface area contributed by atoms with E-state index >= 15 is 0 Å². The van der Waals surface area contributed by atoms with Crippen molar-refractivity contribution < 1.29 is 0 Å². The van der Waals surface area contributed by atoms with Crippen LogP contribution < -0.4 is 0 Å². The predicted octanol–water partition coefficient (Wildman–Crippen LogP) is 12.5. The molecule has 0 spiro atoms. The van der Waals surface area contributed by atoms with Crippen molar-refractivity contribution in [2.75, 3.05) is 0 Å². The van der Waals surface area contributed by atoms with Crippen LogP contribution in [0.1, 0.15) is 23.1 Å². The van der Waals surface area contributed by atoms with Crippen molar-refractivity contribution >= 4 is 54.2 Å². The Hall–Kier alpha value is -5.85. The molecule has 0 radical (unpaired) electrons. The highest BCUT2D eigenvalue weighted by atomic mass is 14.2. The van der Waals surface area contributed by atoms with Crippen molar-refractivity contribution in [3.05, 3.63) is 211 Å². The van der Waals surface area contributed by atoms with Crippen LogP contribution in [0.2, 0.25) is 0 Å². The molecule has 0 saturated heterocycles. The van der Waals surface area contributed by atoms with Crippen LogP contribution in [0.3, 0.4) is 0 Å². The van der Waals surface area contributed by atoms with E-state index in [0.29, 0.717) is 0 Å². The summed E-state index contributed by atoms with van der Waals surface area (Å²) in [6, 6.07) is 50.3. The lowest BCUT2D eigenvalue weighted by Crippen LogP contribution is -1.94. The quantitative estimate of drug-likeness (QED) is 0.110. The highest BCUT2D eigenvalue weighted by Crippen LogP contribution is 2.36. The van der Waals surface area contributed by atoms with Crippen molar-refractivity contribution in [2.45, 2.75) is 6.42 Å². The summed E-state index contributed by atoms with van der Waals surface area (Å²) in [7, 11) is 0. The van der Waals surface area contributed by atoms with Gasteiger partial charge in [0.05, 0.1) is 5.57 Å². The summed E-state index contributed by atoms with van der Waals surface area (Å²) in [4.78, 5) is 0. The topological polar surface area (TPSA) is 0 Å². The van der Waals surface area contributed by atoms with Crippen LogP contribution >= 0.6 is 0 Å². The first-order chi connectivity index (χ1) is 22.8. The summed E-state index contributed by atoms with van der Waals surface area (Å²) in [5.74, 6) is 0. The van der Waals surface area contributed by atoms with E-state index < -0.39 is 0 Å². The molecular weight excluding hydrogens is 553 g/mol. The van der Waals surface area contributed by atoms with Crippen LogP contribution in [-0.2, 0) is 0 Å². The molecule has 0 heterocycles. The average Bonchev–Trinajstić information content (AvgIpc) is 3.67. The smallest absolute Gasteiger partial charge is 0.0801 e. The van der Waals surface area contributed by atoms with E-state index in [1.165, 1.54) is 76.5 Å². The lowest BCUT2D eigenvalue weighted by molar-refractivity contribution is 1.45. The molecule has 7 aromatic carbocycles. The van der Waals surface area contributed by atoms with Gasteiger partial charge in [-0.15, -0.1) is 0 Å². The van der Waals surface area contributed by atoms with Crippen LogP contribution in [0, 0.1) is 6.42 Å². The van der Waals surface area contributed by atoms with Gasteiger partial charge >= 0.3 is 0 Å². The number of hydrogen-bond donors (Lipinski definition) is 0. The van der Waals surface area contributed by atoms with Gasteiger partial charge in [-0.2, -0.15) is 0 Å². The molecule has 0 bridgehead atoms. The maximum Gasteiger partial charge on any atom is 0.105 e. The van der Waals surface area contributed by atoms with E-state index in [2.05, 4.69) is 188 Å². The first-order valence-electron chi connectivity index (χ1n) is 16.0. The van der Waals surface area contributed by atoms with Gasteiger partial charge in [-0.25, -0.2) is 0 Å². The molecule has 46 heavy (non-hydrogen) atoms. The molecule has 0 aliphatic heterocycles. The number of benzene rings is 7. The second-order valence-electron chi connectivity index (χ2n) is 11.9. The van der Waals surface area contributed by atoms with E-state index in [4.69, 9.17) is 0 Å². The Balaban J connectivity index is 0.000000145. The Morgan fingerprint density at radius 2 is 1.09 bits per heavy atom. The SMILES string of the molecule is C1=CCC(c2cccc3cc4ccc5cc6ccccc6cc5c4cc23)=C1.C1=C[CH+]C(=C(c2ccccc2)c2ccccc2)C=C1. The predicted molar refractivity (Wildman–Crippen MR) is 200 cm³/mol. The molecule has 0 amide bonds. The second-order valence-corrected chi connectivity index (χ2v) is 11.9. The van der Waals surface area contributed by atoms with E-state index in [1.54, 1.807) is 0 Å². The Morgan fingerprint density at radius 3 is 1.74 bits per heavy atom. The summed E-state index contributed by atoms with van der Waals surface area (Å²) >= 11 is 0. The summed E-state index contributed by atoms with van der Waals surface area (Å²) in [6.45, 7) is 0. The summed E-state index contributed by atoms with van der Waals surface area (Å²) in [5.41, 5.74) is 7.80. The third-order valence-electron chi connectivity index (χ3n) is 9.01. The first kappa shape index (κ1) is 27.7. The number of fused-ring (bicyclic) bond motifs is 5. The molecule has 2 aliphatic carbocycles. The van der Waals surface area contributed by atoms with Crippen molar-refractivity contribution in [1.29, 1.82) is 0 Å². The highest BCUT2D eigenvalue weighted by Gasteiger charge is 2.17. The zero-order valence-electron chi connectivity index (χ0n) is 25.6. The molecule has 2 aliphatic rings. The normalized spacial score (nSPS) is 13.6. The van der Waals surface area contributed by atoms with Crippen LogP contribution in [0.4, 0.5) is 0 Å². The Bertz CT molecular complexity index is 2340. The molecule has 216 valence electrons. The third kappa shape index (κ3) is 5.36. The van der Waals surface area contributed by atoms with Gasteiger partial charge in [0.15, 0.2) is 0 Å². The van der Waals surface area contributed by atoms with Crippen molar-refractivity contribution in [2.24, 2.45) is 0 Å². The zero-order chi connectivity index (χ0) is 30.7. The van der Waals surface area contributed by atoms with E-state index in [1.807, 2.05) is 0 Å². The average molecular weight is 586 g/mol. The van der Waals surface area contributed by atoms with Gasteiger partial charge in [0.2, 0.25) is 0 Å². The fourth-order valence-electron chi connectivity index (χ4n) is 6.76. The Labute approximate surface area is 270 Å². The molecule has 0 atom stereocenters. The molecule has 0 heteroatoms. The van der Waals surface area contributed by atoms with E-state index in [0.717, 1.165) is 6.42 Å². The minimum absolute atomic E-state index is 1.03. The molecule has 0 nitrogen and oxygen atoms in total. The maximum absolute atomic E-state index is 2.40. The van der Waals surface area contributed by atoms with Crippen LogP contribution in [0.5, 0.6) is 0 Å². The molecule has 7 aromatic rings. The van der Waals surface area contributed by atoms with Gasteiger partial charge in [0.1, 0.15) is 5.57 Å².